The van der Waals surface area contributed by atoms with E-state index in [4.69, 9.17) is 0 Å². The molecule has 0 nitrogen and oxygen atoms in total. The van der Waals surface area contributed by atoms with Gasteiger partial charge < -0.3 is 0 Å². The summed E-state index contributed by atoms with van der Waals surface area (Å²) in [5, 5.41) is 0. The van der Waals surface area contributed by atoms with Crippen LogP contribution in [0.1, 0.15) is 37.0 Å². The Morgan fingerprint density at radius 2 is 1.57 bits per heavy atom. The maximum Gasteiger partial charge on any atom is -0.0154 e. The van der Waals surface area contributed by atoms with E-state index in [-0.39, 0.29) is 0 Å². The van der Waals surface area contributed by atoms with Crippen molar-refractivity contribution in [3.63, 3.8) is 0 Å². The number of benzene rings is 2. The van der Waals surface area contributed by atoms with Crippen molar-refractivity contribution in [2.24, 2.45) is 0 Å². The molecule has 0 amide bonds. The van der Waals surface area contributed by atoms with Gasteiger partial charge in [-0.1, -0.05) is 85.5 Å². The van der Waals surface area contributed by atoms with E-state index in [1.807, 2.05) is 13.0 Å². The van der Waals surface area contributed by atoms with Gasteiger partial charge in [-0.25, -0.2) is 0 Å². The lowest BCUT2D eigenvalue weighted by Crippen LogP contribution is -1.89. The summed E-state index contributed by atoms with van der Waals surface area (Å²) in [7, 11) is 0. The van der Waals surface area contributed by atoms with E-state index in [1.54, 1.807) is 0 Å². The molecule has 0 aliphatic rings. The zero-order valence-corrected chi connectivity index (χ0v) is 14.0. The predicted octanol–water partition coefficient (Wildman–Crippen LogP) is 6.67. The van der Waals surface area contributed by atoms with Gasteiger partial charge in [0.15, 0.2) is 0 Å². The van der Waals surface area contributed by atoms with Gasteiger partial charge >= 0.3 is 0 Å². The van der Waals surface area contributed by atoms with E-state index in [9.17, 15) is 0 Å². The van der Waals surface area contributed by atoms with Crippen LogP contribution in [0.5, 0.6) is 0 Å². The van der Waals surface area contributed by atoms with Gasteiger partial charge in [0.25, 0.3) is 0 Å². The van der Waals surface area contributed by atoms with E-state index in [1.165, 1.54) is 16.7 Å². The molecule has 0 aliphatic carbocycles. The maximum absolute atomic E-state index is 4.19. The molecule has 116 valence electrons. The third-order valence-corrected chi connectivity index (χ3v) is 3.74. The fraction of sp³-hybridized carbons (Fsp3) is 0.130. The Kier molecular flexibility index (Phi) is 6.38. The van der Waals surface area contributed by atoms with Gasteiger partial charge in [-0.05, 0) is 54.2 Å². The average molecular weight is 300 g/mol. The van der Waals surface area contributed by atoms with E-state index in [0.29, 0.717) is 0 Å². The fourth-order valence-corrected chi connectivity index (χ4v) is 2.53. The highest BCUT2D eigenvalue weighted by molar-refractivity contribution is 5.82. The van der Waals surface area contributed by atoms with Crippen molar-refractivity contribution in [3.05, 3.63) is 108 Å². The molecule has 0 atom stereocenters. The summed E-state index contributed by atoms with van der Waals surface area (Å²) >= 11 is 0. The van der Waals surface area contributed by atoms with Crippen molar-refractivity contribution in [2.75, 3.05) is 0 Å². The first-order valence-electron chi connectivity index (χ1n) is 8.05. The summed E-state index contributed by atoms with van der Waals surface area (Å²) in [6, 6.07) is 19.1. The molecule has 0 N–H and O–H groups in total. The zero-order valence-electron chi connectivity index (χ0n) is 14.0. The molecule has 0 spiro atoms. The van der Waals surface area contributed by atoms with Crippen LogP contribution < -0.4 is 0 Å². The molecule has 0 radical (unpaired) electrons. The Bertz CT molecular complexity index is 728. The van der Waals surface area contributed by atoms with Gasteiger partial charge in [-0.2, -0.15) is 0 Å². The summed E-state index contributed by atoms with van der Waals surface area (Å²) < 4.78 is 0. The molecule has 0 saturated carbocycles. The van der Waals surface area contributed by atoms with E-state index in [0.717, 1.165) is 17.6 Å². The Hall–Kier alpha value is -2.60. The number of hydrogen-bond donors (Lipinski definition) is 0. The lowest BCUT2D eigenvalue weighted by molar-refractivity contribution is 1.38. The van der Waals surface area contributed by atoms with Gasteiger partial charge in [0.05, 0.1) is 0 Å². The van der Waals surface area contributed by atoms with Crippen LogP contribution in [-0.4, -0.2) is 0 Å². The van der Waals surface area contributed by atoms with E-state index >= 15 is 0 Å². The first-order valence-corrected chi connectivity index (χ1v) is 8.05. The number of hydrogen-bond acceptors (Lipinski definition) is 0. The molecule has 0 unspecified atom stereocenters. The molecule has 0 aliphatic heterocycles. The third-order valence-electron chi connectivity index (χ3n) is 3.74. The first kappa shape index (κ1) is 16.8. The van der Waals surface area contributed by atoms with Gasteiger partial charge in [0, 0.05) is 0 Å². The lowest BCUT2D eigenvalue weighted by Gasteiger charge is -2.10. The number of allylic oxidation sites excluding steroid dienone is 6. The molecule has 2 rings (SSSR count). The second-order valence-corrected chi connectivity index (χ2v) is 5.38. The van der Waals surface area contributed by atoms with E-state index < -0.39 is 0 Å². The fourth-order valence-electron chi connectivity index (χ4n) is 2.53. The van der Waals surface area contributed by atoms with Crippen LogP contribution in [0, 0.1) is 0 Å². The Morgan fingerprint density at radius 3 is 2.26 bits per heavy atom. The Morgan fingerprint density at radius 1 is 0.870 bits per heavy atom. The summed E-state index contributed by atoms with van der Waals surface area (Å²) in [5.74, 6) is 0. The molecule has 2 aromatic rings. The summed E-state index contributed by atoms with van der Waals surface area (Å²) in [5.41, 5.74) is 5.91. The van der Waals surface area contributed by atoms with Crippen LogP contribution in [0.25, 0.3) is 11.1 Å². The second kappa shape index (κ2) is 8.75. The monoisotopic (exact) mass is 300 g/mol. The molecule has 0 heteroatoms. The molecule has 0 heterocycles. The van der Waals surface area contributed by atoms with Crippen molar-refractivity contribution in [1.82, 2.24) is 0 Å². The van der Waals surface area contributed by atoms with Gasteiger partial charge in [-0.15, -0.1) is 0 Å². The van der Waals surface area contributed by atoms with Crippen molar-refractivity contribution >= 4 is 11.1 Å². The van der Waals surface area contributed by atoms with Crippen LogP contribution in [0.2, 0.25) is 0 Å². The summed E-state index contributed by atoms with van der Waals surface area (Å²) in [6.07, 6.45) is 11.5. The second-order valence-electron chi connectivity index (χ2n) is 5.38. The lowest BCUT2D eigenvalue weighted by atomic mass is 9.94. The largest absolute Gasteiger partial charge is 0.0914 e. The first-order chi connectivity index (χ1) is 11.3. The van der Waals surface area contributed by atoms with Gasteiger partial charge in [0.2, 0.25) is 0 Å². The molecule has 0 saturated heterocycles. The quantitative estimate of drug-likeness (QED) is 0.412. The minimum atomic E-state index is 0.944. The van der Waals surface area contributed by atoms with Crippen LogP contribution in [0.3, 0.4) is 0 Å². The van der Waals surface area contributed by atoms with Crippen molar-refractivity contribution in [2.45, 2.75) is 20.3 Å². The van der Waals surface area contributed by atoms with Crippen LogP contribution in [0.4, 0.5) is 0 Å². The molecular formula is C23H24. The minimum absolute atomic E-state index is 0.944. The topological polar surface area (TPSA) is 0 Å². The normalized spacial score (nSPS) is 12.2. The van der Waals surface area contributed by atoms with Crippen LogP contribution in [-0.2, 0) is 0 Å². The Balaban J connectivity index is 2.26. The number of rotatable bonds is 6. The Labute approximate surface area is 140 Å². The highest BCUT2D eigenvalue weighted by Crippen LogP contribution is 2.26. The summed E-state index contributed by atoms with van der Waals surface area (Å²) in [4.78, 5) is 0. The van der Waals surface area contributed by atoms with Gasteiger partial charge in [-0.3, -0.25) is 0 Å². The molecule has 0 fully saturated rings. The third kappa shape index (κ3) is 4.69. The van der Waals surface area contributed by atoms with Crippen LogP contribution in [0.15, 0.2) is 91.6 Å². The van der Waals surface area contributed by atoms with Crippen molar-refractivity contribution in [1.29, 1.82) is 0 Å². The van der Waals surface area contributed by atoms with Crippen molar-refractivity contribution < 1.29 is 0 Å². The van der Waals surface area contributed by atoms with Crippen molar-refractivity contribution in [3.8, 4) is 0 Å². The van der Waals surface area contributed by atoms with Crippen LogP contribution >= 0.6 is 0 Å². The summed E-state index contributed by atoms with van der Waals surface area (Å²) in [6.45, 7) is 8.31. The molecule has 2 aromatic carbocycles. The minimum Gasteiger partial charge on any atom is -0.0914 e. The average Bonchev–Trinajstić information content (AvgIpc) is 2.60. The SMILES string of the molecule is C=C(/C=C/C/C=C\C)c1cccc(/C(=C/C)c2ccccc2)c1. The standard InChI is InChI=1S/C23H24/c1-4-6-7-9-13-19(3)21-16-12-17-22(18-21)23(5-2)20-14-10-8-11-15-20/h4-6,8-18H,3,7H2,1-2H3/b6-4-,13-9+,23-5+. The van der Waals surface area contributed by atoms with Gasteiger partial charge in [0.1, 0.15) is 0 Å². The highest BCUT2D eigenvalue weighted by Gasteiger charge is 2.05. The highest BCUT2D eigenvalue weighted by atomic mass is 14.1. The molecule has 0 bridgehead atoms. The smallest absolute Gasteiger partial charge is 0.0154 e. The predicted molar refractivity (Wildman–Crippen MR) is 103 cm³/mol. The maximum atomic E-state index is 4.19. The molecule has 0 aromatic heterocycles. The molecule has 23 heavy (non-hydrogen) atoms. The molecular weight excluding hydrogens is 276 g/mol. The van der Waals surface area contributed by atoms with E-state index in [2.05, 4.69) is 92.4 Å². The zero-order chi connectivity index (χ0) is 16.5.